The molecule has 9 heteroatoms. The Labute approximate surface area is 143 Å². The fraction of sp³-hybridized carbons (Fsp3) is 0.188. The summed E-state index contributed by atoms with van der Waals surface area (Å²) in [4.78, 5) is 11.5. The summed E-state index contributed by atoms with van der Waals surface area (Å²) in [6, 6.07) is 8.99. The van der Waals surface area contributed by atoms with Gasteiger partial charge >= 0.3 is 5.76 Å². The number of nitrogens with one attached hydrogen (secondary N) is 1. The second-order valence-electron chi connectivity index (χ2n) is 5.23. The monoisotopic (exact) mass is 364 g/mol. The van der Waals surface area contributed by atoms with E-state index in [1.807, 2.05) is 0 Å². The van der Waals surface area contributed by atoms with Crippen molar-refractivity contribution in [2.75, 3.05) is 18.9 Å². The molecule has 0 amide bonds. The van der Waals surface area contributed by atoms with E-state index in [9.17, 15) is 13.2 Å². The van der Waals surface area contributed by atoms with Gasteiger partial charge in [-0.1, -0.05) is 0 Å². The number of ether oxygens (including phenoxy) is 2. The third-order valence-electron chi connectivity index (χ3n) is 3.70. The zero-order chi connectivity index (χ0) is 18.2. The molecule has 0 radical (unpaired) electrons. The van der Waals surface area contributed by atoms with Gasteiger partial charge in [-0.2, -0.15) is 0 Å². The van der Waals surface area contributed by atoms with Crippen LogP contribution in [0.15, 0.2) is 50.5 Å². The van der Waals surface area contributed by atoms with Crippen molar-refractivity contribution in [3.8, 4) is 11.5 Å². The third kappa shape index (κ3) is 3.05. The summed E-state index contributed by atoms with van der Waals surface area (Å²) in [6.45, 7) is 0. The summed E-state index contributed by atoms with van der Waals surface area (Å²) in [5.74, 6) is 0.106. The van der Waals surface area contributed by atoms with Crippen molar-refractivity contribution in [1.82, 2.24) is 4.57 Å². The van der Waals surface area contributed by atoms with Crippen molar-refractivity contribution in [3.63, 3.8) is 0 Å². The summed E-state index contributed by atoms with van der Waals surface area (Å²) < 4.78 is 44.4. The Morgan fingerprint density at radius 3 is 2.52 bits per heavy atom. The van der Waals surface area contributed by atoms with Gasteiger partial charge < -0.3 is 13.9 Å². The van der Waals surface area contributed by atoms with Crippen molar-refractivity contribution in [1.29, 1.82) is 0 Å². The van der Waals surface area contributed by atoms with Crippen LogP contribution in [0.25, 0.3) is 11.1 Å². The lowest BCUT2D eigenvalue weighted by Gasteiger charge is -2.12. The molecule has 0 spiro atoms. The maximum atomic E-state index is 12.7. The predicted octanol–water partition coefficient (Wildman–Crippen LogP) is 1.95. The van der Waals surface area contributed by atoms with Crippen LogP contribution in [-0.2, 0) is 17.1 Å². The number of methoxy groups -OCH3 is 2. The molecule has 8 nitrogen and oxygen atoms in total. The van der Waals surface area contributed by atoms with E-state index in [1.165, 1.54) is 43.1 Å². The molecule has 0 bridgehead atoms. The van der Waals surface area contributed by atoms with Crippen LogP contribution in [-0.4, -0.2) is 27.2 Å². The molecular formula is C16H16N2O6S. The van der Waals surface area contributed by atoms with Crippen LogP contribution in [0.3, 0.4) is 0 Å². The van der Waals surface area contributed by atoms with E-state index in [0.29, 0.717) is 11.3 Å². The smallest absolute Gasteiger partial charge is 0.419 e. The van der Waals surface area contributed by atoms with Gasteiger partial charge in [0.1, 0.15) is 16.4 Å². The van der Waals surface area contributed by atoms with Gasteiger partial charge in [-0.3, -0.25) is 9.29 Å². The van der Waals surface area contributed by atoms with Crippen molar-refractivity contribution in [3.05, 3.63) is 46.9 Å². The second-order valence-corrected chi connectivity index (χ2v) is 6.88. The minimum atomic E-state index is -3.91. The first-order valence-electron chi connectivity index (χ1n) is 7.20. The maximum absolute atomic E-state index is 12.7. The number of aromatic nitrogens is 1. The van der Waals surface area contributed by atoms with E-state index < -0.39 is 15.8 Å². The molecule has 2 aromatic carbocycles. The first kappa shape index (κ1) is 16.9. The third-order valence-corrected chi connectivity index (χ3v) is 5.13. The van der Waals surface area contributed by atoms with E-state index in [4.69, 9.17) is 13.9 Å². The number of aryl methyl sites for hydroxylation is 1. The molecule has 1 N–H and O–H groups in total. The summed E-state index contributed by atoms with van der Waals surface area (Å²) in [7, 11) is 0.509. The minimum Gasteiger partial charge on any atom is -0.497 e. The number of oxazole rings is 1. The summed E-state index contributed by atoms with van der Waals surface area (Å²) in [5, 5.41) is 0. The SMILES string of the molecule is COc1ccc(S(=O)(=O)Nc2ccc3c(c2)oc(=O)n3C)c(OC)c1. The van der Waals surface area contributed by atoms with Crippen LogP contribution >= 0.6 is 0 Å². The number of benzene rings is 2. The molecule has 0 unspecified atom stereocenters. The lowest BCUT2D eigenvalue weighted by Crippen LogP contribution is -2.14. The molecule has 25 heavy (non-hydrogen) atoms. The highest BCUT2D eigenvalue weighted by atomic mass is 32.2. The van der Waals surface area contributed by atoms with Gasteiger partial charge in [-0.15, -0.1) is 0 Å². The minimum absolute atomic E-state index is 0.0367. The Morgan fingerprint density at radius 1 is 1.08 bits per heavy atom. The number of anilines is 1. The van der Waals surface area contributed by atoms with Crippen molar-refractivity contribution < 1.29 is 22.3 Å². The largest absolute Gasteiger partial charge is 0.497 e. The highest BCUT2D eigenvalue weighted by Gasteiger charge is 2.21. The Balaban J connectivity index is 2.00. The summed E-state index contributed by atoms with van der Waals surface area (Å²) in [6.07, 6.45) is 0. The van der Waals surface area contributed by atoms with Gasteiger partial charge in [-0.05, 0) is 24.3 Å². The van der Waals surface area contributed by atoms with Crippen LogP contribution in [0, 0.1) is 0 Å². The average molecular weight is 364 g/mol. The quantitative estimate of drug-likeness (QED) is 0.743. The average Bonchev–Trinajstić information content (AvgIpc) is 2.87. The molecule has 3 rings (SSSR count). The molecular weight excluding hydrogens is 348 g/mol. The second kappa shape index (κ2) is 6.17. The van der Waals surface area contributed by atoms with E-state index in [1.54, 1.807) is 19.2 Å². The summed E-state index contributed by atoms with van der Waals surface area (Å²) >= 11 is 0. The zero-order valence-corrected chi connectivity index (χ0v) is 14.6. The highest BCUT2D eigenvalue weighted by molar-refractivity contribution is 7.92. The van der Waals surface area contributed by atoms with Crippen LogP contribution in [0.4, 0.5) is 5.69 Å². The molecule has 0 saturated heterocycles. The standard InChI is InChI=1S/C16H16N2O6S/c1-18-12-6-4-10(8-13(12)24-16(18)19)17-25(20,21)15-7-5-11(22-2)9-14(15)23-3/h4-9,17H,1-3H3. The van der Waals surface area contributed by atoms with E-state index in [2.05, 4.69) is 4.72 Å². The Morgan fingerprint density at radius 2 is 1.84 bits per heavy atom. The maximum Gasteiger partial charge on any atom is 0.419 e. The summed E-state index contributed by atoms with van der Waals surface area (Å²) in [5.41, 5.74) is 1.11. The van der Waals surface area contributed by atoms with Gasteiger partial charge in [0, 0.05) is 19.2 Å². The van der Waals surface area contributed by atoms with Crippen LogP contribution in [0.1, 0.15) is 0 Å². The van der Waals surface area contributed by atoms with E-state index >= 15 is 0 Å². The highest BCUT2D eigenvalue weighted by Crippen LogP contribution is 2.30. The molecule has 132 valence electrons. The molecule has 3 aromatic rings. The lowest BCUT2D eigenvalue weighted by atomic mass is 10.3. The van der Waals surface area contributed by atoms with Gasteiger partial charge in [0.2, 0.25) is 0 Å². The Kier molecular flexibility index (Phi) is 4.17. The van der Waals surface area contributed by atoms with E-state index in [0.717, 1.165) is 0 Å². The van der Waals surface area contributed by atoms with Gasteiger partial charge in [0.25, 0.3) is 10.0 Å². The molecule has 0 aliphatic rings. The molecule has 1 heterocycles. The topological polar surface area (TPSA) is 99.8 Å². The number of sulfonamides is 1. The van der Waals surface area contributed by atoms with Crippen LogP contribution < -0.4 is 20.0 Å². The van der Waals surface area contributed by atoms with Gasteiger partial charge in [0.15, 0.2) is 5.58 Å². The van der Waals surface area contributed by atoms with Crippen molar-refractivity contribution in [2.45, 2.75) is 4.90 Å². The molecule has 0 saturated carbocycles. The number of hydrogen-bond donors (Lipinski definition) is 1. The van der Waals surface area contributed by atoms with Crippen LogP contribution in [0.5, 0.6) is 11.5 Å². The normalized spacial score (nSPS) is 11.5. The number of fused-ring (bicyclic) bond motifs is 1. The molecule has 0 fully saturated rings. The van der Waals surface area contributed by atoms with Gasteiger partial charge in [0.05, 0.1) is 25.4 Å². The van der Waals surface area contributed by atoms with Gasteiger partial charge in [-0.25, -0.2) is 13.2 Å². The predicted molar refractivity (Wildman–Crippen MR) is 91.8 cm³/mol. The molecule has 0 aliphatic carbocycles. The lowest BCUT2D eigenvalue weighted by molar-refractivity contribution is 0.386. The first-order valence-corrected chi connectivity index (χ1v) is 8.68. The fourth-order valence-electron chi connectivity index (χ4n) is 2.40. The Hall–Kier alpha value is -2.94. The first-order chi connectivity index (χ1) is 11.9. The van der Waals surface area contributed by atoms with Crippen molar-refractivity contribution in [2.24, 2.45) is 7.05 Å². The van der Waals surface area contributed by atoms with E-state index in [-0.39, 0.29) is 21.9 Å². The zero-order valence-electron chi connectivity index (χ0n) is 13.8. The molecule has 1 aromatic heterocycles. The molecule has 0 aliphatic heterocycles. The Bertz CT molecular complexity index is 1100. The fourth-order valence-corrected chi connectivity index (χ4v) is 3.61. The number of rotatable bonds is 5. The van der Waals surface area contributed by atoms with Crippen LogP contribution in [0.2, 0.25) is 0 Å². The number of nitrogens with zero attached hydrogens (tertiary/aromatic N) is 1. The number of hydrogen-bond acceptors (Lipinski definition) is 6. The van der Waals surface area contributed by atoms with Crippen molar-refractivity contribution >= 4 is 26.8 Å². The molecule has 0 atom stereocenters.